The van der Waals surface area contributed by atoms with Crippen LogP contribution < -0.4 is 10.7 Å². The highest BCUT2D eigenvalue weighted by Crippen LogP contribution is 2.33. The average Bonchev–Trinajstić information content (AvgIpc) is 3.05. The zero-order valence-corrected chi connectivity index (χ0v) is 12.2. The van der Waals surface area contributed by atoms with Crippen molar-refractivity contribution in [3.8, 4) is 0 Å². The fraction of sp³-hybridized carbons (Fsp3) is 0.471. The van der Waals surface area contributed by atoms with Gasteiger partial charge in [-0.3, -0.25) is 4.79 Å². The molecule has 1 fully saturated rings. The number of Topliss-reactive ketones (excluding diaryl/α,β-unsaturated/α-hetero) is 1. The molecule has 1 aromatic rings. The van der Waals surface area contributed by atoms with Crippen molar-refractivity contribution in [2.45, 2.75) is 25.8 Å². The van der Waals surface area contributed by atoms with Gasteiger partial charge in [0.25, 0.3) is 0 Å². The van der Waals surface area contributed by atoms with Crippen molar-refractivity contribution in [2.75, 3.05) is 20.2 Å². The molecule has 1 unspecified atom stereocenters. The second-order valence-electron chi connectivity index (χ2n) is 6.35. The smallest absolute Gasteiger partial charge is 0.145 e. The SMILES string of the molecule is COC1=CCc2c3c4n(c2=C1)CC1C(=O)CCN(CC3)C=41. The van der Waals surface area contributed by atoms with Gasteiger partial charge in [0.05, 0.1) is 24.1 Å². The van der Waals surface area contributed by atoms with Crippen LogP contribution in [0.15, 0.2) is 11.8 Å². The summed E-state index contributed by atoms with van der Waals surface area (Å²) in [6, 6.07) is 0. The number of hydrogen-bond acceptors (Lipinski definition) is 3. The lowest BCUT2D eigenvalue weighted by Gasteiger charge is -2.36. The minimum absolute atomic E-state index is 0.100. The Hall–Kier alpha value is -1.97. The molecule has 0 saturated carbocycles. The number of methoxy groups -OCH3 is 1. The molecule has 0 radical (unpaired) electrons. The lowest BCUT2D eigenvalue weighted by atomic mass is 9.89. The van der Waals surface area contributed by atoms with Crippen molar-refractivity contribution in [1.82, 2.24) is 9.47 Å². The number of ether oxygens (including phenoxy) is 1. The molecule has 4 nitrogen and oxygen atoms in total. The van der Waals surface area contributed by atoms with E-state index in [2.05, 4.69) is 21.6 Å². The van der Waals surface area contributed by atoms with Crippen LogP contribution in [-0.2, 0) is 28.9 Å². The van der Waals surface area contributed by atoms with Crippen LogP contribution in [0.3, 0.4) is 0 Å². The van der Waals surface area contributed by atoms with Crippen molar-refractivity contribution in [3.05, 3.63) is 33.7 Å². The molecule has 21 heavy (non-hydrogen) atoms. The molecule has 3 aliphatic heterocycles. The number of hydrogen-bond donors (Lipinski definition) is 0. The van der Waals surface area contributed by atoms with Gasteiger partial charge in [-0.1, -0.05) is 0 Å². The summed E-state index contributed by atoms with van der Waals surface area (Å²) in [5.74, 6) is 1.46. The van der Waals surface area contributed by atoms with Gasteiger partial charge in [0.15, 0.2) is 0 Å². The van der Waals surface area contributed by atoms with Crippen LogP contribution in [0.2, 0.25) is 0 Å². The van der Waals surface area contributed by atoms with E-state index in [0.717, 1.165) is 38.2 Å². The monoisotopic (exact) mass is 282 g/mol. The highest BCUT2D eigenvalue weighted by Gasteiger charge is 2.41. The molecule has 0 bridgehead atoms. The Morgan fingerprint density at radius 1 is 1.24 bits per heavy atom. The zero-order valence-electron chi connectivity index (χ0n) is 12.2. The topological polar surface area (TPSA) is 34.5 Å². The molecule has 4 heterocycles. The Kier molecular flexibility index (Phi) is 2.12. The first-order valence-electron chi connectivity index (χ1n) is 7.76. The second kappa shape index (κ2) is 3.81. The molecule has 0 N–H and O–H groups in total. The molecule has 1 aromatic heterocycles. The predicted molar refractivity (Wildman–Crippen MR) is 78.7 cm³/mol. The molecule has 1 saturated heterocycles. The van der Waals surface area contributed by atoms with Crippen LogP contribution >= 0.6 is 0 Å². The van der Waals surface area contributed by atoms with E-state index >= 15 is 0 Å². The minimum atomic E-state index is 0.100. The maximum atomic E-state index is 12.3. The first-order valence-corrected chi connectivity index (χ1v) is 7.76. The van der Waals surface area contributed by atoms with E-state index in [0.29, 0.717) is 12.2 Å². The van der Waals surface area contributed by atoms with Crippen LogP contribution in [0, 0.1) is 5.92 Å². The number of carbonyl (C=O) groups excluding carboxylic acids is 1. The number of fused-ring (bicyclic) bond motifs is 3. The molecular formula is C17H18N2O2. The van der Waals surface area contributed by atoms with E-state index in [9.17, 15) is 4.79 Å². The first kappa shape index (κ1) is 11.7. The largest absolute Gasteiger partial charge is 0.497 e. The van der Waals surface area contributed by atoms with Crippen LogP contribution in [0.25, 0.3) is 11.8 Å². The van der Waals surface area contributed by atoms with Crippen molar-refractivity contribution >= 4 is 17.6 Å². The van der Waals surface area contributed by atoms with E-state index in [1.165, 1.54) is 27.5 Å². The first-order chi connectivity index (χ1) is 10.3. The summed E-state index contributed by atoms with van der Waals surface area (Å²) in [4.78, 5) is 14.8. The van der Waals surface area contributed by atoms with Crippen molar-refractivity contribution in [3.63, 3.8) is 0 Å². The van der Waals surface area contributed by atoms with E-state index in [-0.39, 0.29) is 5.92 Å². The third kappa shape index (κ3) is 1.33. The Morgan fingerprint density at radius 2 is 2.10 bits per heavy atom. The number of carbonyl (C=O) groups is 1. The van der Waals surface area contributed by atoms with E-state index in [4.69, 9.17) is 4.74 Å². The summed E-state index contributed by atoms with van der Waals surface area (Å²) in [6.45, 7) is 2.81. The summed E-state index contributed by atoms with van der Waals surface area (Å²) in [7, 11) is 1.72. The molecule has 0 spiro atoms. The van der Waals surface area contributed by atoms with Crippen LogP contribution in [0.5, 0.6) is 0 Å². The van der Waals surface area contributed by atoms with Gasteiger partial charge >= 0.3 is 0 Å². The van der Waals surface area contributed by atoms with Gasteiger partial charge in [0, 0.05) is 37.5 Å². The standard InChI is InChI=1S/C17H18N2O2/c1-21-10-2-3-11-12-4-6-18-7-5-15(20)13-9-19(14(11)8-10)17(12)16(13)18/h2,8,13H,3-7,9H2,1H3. The van der Waals surface area contributed by atoms with Crippen molar-refractivity contribution in [1.29, 1.82) is 0 Å². The fourth-order valence-electron chi connectivity index (χ4n) is 4.50. The highest BCUT2D eigenvalue weighted by molar-refractivity contribution is 5.92. The normalized spacial score (nSPS) is 25.3. The summed E-state index contributed by atoms with van der Waals surface area (Å²) >= 11 is 0. The summed E-state index contributed by atoms with van der Waals surface area (Å²) in [5, 5.41) is 2.63. The summed E-state index contributed by atoms with van der Waals surface area (Å²) in [6.07, 6.45) is 7.08. The highest BCUT2D eigenvalue weighted by atomic mass is 16.5. The van der Waals surface area contributed by atoms with Gasteiger partial charge in [-0.25, -0.2) is 0 Å². The molecule has 0 aromatic carbocycles. The minimum Gasteiger partial charge on any atom is -0.497 e. The summed E-state index contributed by atoms with van der Waals surface area (Å²) in [5.41, 5.74) is 4.25. The number of piperidine rings is 1. The molecule has 4 heteroatoms. The van der Waals surface area contributed by atoms with Gasteiger partial charge in [-0.05, 0) is 30.0 Å². The maximum absolute atomic E-state index is 12.3. The second-order valence-corrected chi connectivity index (χ2v) is 6.35. The molecule has 108 valence electrons. The quantitative estimate of drug-likeness (QED) is 0.723. The Labute approximate surface area is 123 Å². The van der Waals surface area contributed by atoms with Gasteiger partial charge in [-0.15, -0.1) is 0 Å². The third-order valence-corrected chi connectivity index (χ3v) is 5.47. The van der Waals surface area contributed by atoms with Gasteiger partial charge in [0.2, 0.25) is 0 Å². The number of allylic oxidation sites excluding steroid dienone is 2. The molecular weight excluding hydrogens is 264 g/mol. The van der Waals surface area contributed by atoms with Gasteiger partial charge in [0.1, 0.15) is 11.5 Å². The number of ketones is 1. The van der Waals surface area contributed by atoms with Crippen LogP contribution in [-0.4, -0.2) is 35.4 Å². The van der Waals surface area contributed by atoms with E-state index < -0.39 is 0 Å². The van der Waals surface area contributed by atoms with Crippen molar-refractivity contribution < 1.29 is 9.53 Å². The lowest BCUT2D eigenvalue weighted by molar-refractivity contribution is -0.123. The number of nitrogens with zero attached hydrogens (tertiary/aromatic N) is 2. The number of aromatic nitrogens is 1. The fourth-order valence-corrected chi connectivity index (χ4v) is 4.50. The Bertz CT molecular complexity index is 828. The maximum Gasteiger partial charge on any atom is 0.145 e. The Balaban J connectivity index is 1.84. The average molecular weight is 282 g/mol. The molecule has 1 atom stereocenters. The predicted octanol–water partition coefficient (Wildman–Crippen LogP) is -0.0761. The number of rotatable bonds is 1. The molecule has 4 aliphatic rings. The van der Waals surface area contributed by atoms with Crippen LogP contribution in [0.1, 0.15) is 17.5 Å². The van der Waals surface area contributed by atoms with E-state index in [1.54, 1.807) is 7.11 Å². The zero-order chi connectivity index (χ0) is 14.1. The Morgan fingerprint density at radius 3 is 2.95 bits per heavy atom. The van der Waals surface area contributed by atoms with Crippen molar-refractivity contribution in [2.24, 2.45) is 5.92 Å². The van der Waals surface area contributed by atoms with E-state index in [1.807, 2.05) is 0 Å². The molecule has 5 rings (SSSR count). The van der Waals surface area contributed by atoms with Gasteiger partial charge in [-0.2, -0.15) is 0 Å². The molecule has 0 amide bonds. The summed E-state index contributed by atoms with van der Waals surface area (Å²) < 4.78 is 7.79. The lowest BCUT2D eigenvalue weighted by Crippen LogP contribution is -2.43. The van der Waals surface area contributed by atoms with Gasteiger partial charge < -0.3 is 14.2 Å². The third-order valence-electron chi connectivity index (χ3n) is 5.47. The molecule has 1 aliphatic carbocycles. The van der Waals surface area contributed by atoms with Crippen LogP contribution in [0.4, 0.5) is 0 Å².